The van der Waals surface area contributed by atoms with Gasteiger partial charge in [-0.3, -0.25) is 4.98 Å². The first-order valence-corrected chi connectivity index (χ1v) is 6.48. The number of nitrogens with one attached hydrogen (secondary N) is 1. The van der Waals surface area contributed by atoms with E-state index in [9.17, 15) is 13.2 Å². The van der Waals surface area contributed by atoms with Gasteiger partial charge in [-0.05, 0) is 39.0 Å². The third-order valence-electron chi connectivity index (χ3n) is 2.74. The van der Waals surface area contributed by atoms with E-state index in [1.807, 2.05) is 20.8 Å². The molecule has 2 rings (SSSR count). The van der Waals surface area contributed by atoms with Gasteiger partial charge < -0.3 is 5.32 Å². The van der Waals surface area contributed by atoms with Crippen LogP contribution in [0.25, 0.3) is 5.69 Å². The molecule has 114 valence electrons. The summed E-state index contributed by atoms with van der Waals surface area (Å²) in [6.07, 6.45) is -1.59. The Morgan fingerprint density at radius 3 is 2.48 bits per heavy atom. The number of halogens is 3. The second kappa shape index (κ2) is 5.48. The van der Waals surface area contributed by atoms with Crippen LogP contribution >= 0.6 is 0 Å². The molecule has 21 heavy (non-hydrogen) atoms. The smallest absolute Gasteiger partial charge is 0.306 e. The highest BCUT2D eigenvalue weighted by Crippen LogP contribution is 2.27. The summed E-state index contributed by atoms with van der Waals surface area (Å²) in [5, 5.41) is 6.82. The first-order chi connectivity index (χ1) is 9.65. The molecule has 0 aliphatic carbocycles. The van der Waals surface area contributed by atoms with Crippen LogP contribution in [-0.4, -0.2) is 20.3 Å². The third-order valence-corrected chi connectivity index (χ3v) is 2.74. The SMILES string of the molecule is CC(C)(C)NCc1cc(-n2ccc(C(F)(F)F)n2)ccn1. The fourth-order valence-corrected chi connectivity index (χ4v) is 1.68. The Morgan fingerprint density at radius 2 is 1.90 bits per heavy atom. The average Bonchev–Trinajstić information content (AvgIpc) is 2.85. The zero-order chi connectivity index (χ0) is 15.7. The Bertz CT molecular complexity index is 611. The van der Waals surface area contributed by atoms with Crippen molar-refractivity contribution in [2.24, 2.45) is 0 Å². The standard InChI is InChI=1S/C14H17F3N4/c1-13(2,3)19-9-10-8-11(4-6-18-10)21-7-5-12(20-21)14(15,16)17/h4-8,19H,9H2,1-3H3. The number of aromatic nitrogens is 3. The molecule has 0 atom stereocenters. The van der Waals surface area contributed by atoms with Crippen molar-refractivity contribution in [2.45, 2.75) is 39.0 Å². The Labute approximate surface area is 121 Å². The maximum atomic E-state index is 12.5. The summed E-state index contributed by atoms with van der Waals surface area (Å²) in [6.45, 7) is 6.62. The van der Waals surface area contributed by atoms with Crippen LogP contribution in [0.15, 0.2) is 30.6 Å². The number of alkyl halides is 3. The predicted molar refractivity (Wildman–Crippen MR) is 73.0 cm³/mol. The van der Waals surface area contributed by atoms with Gasteiger partial charge >= 0.3 is 6.18 Å². The van der Waals surface area contributed by atoms with Crippen molar-refractivity contribution < 1.29 is 13.2 Å². The van der Waals surface area contributed by atoms with Crippen molar-refractivity contribution in [3.05, 3.63) is 42.0 Å². The lowest BCUT2D eigenvalue weighted by molar-refractivity contribution is -0.141. The summed E-state index contributed by atoms with van der Waals surface area (Å²) >= 11 is 0. The normalized spacial score (nSPS) is 12.7. The van der Waals surface area contributed by atoms with Crippen molar-refractivity contribution in [1.29, 1.82) is 0 Å². The molecule has 0 saturated carbocycles. The van der Waals surface area contributed by atoms with Crippen LogP contribution in [0.5, 0.6) is 0 Å². The molecule has 2 aromatic rings. The molecular weight excluding hydrogens is 281 g/mol. The minimum absolute atomic E-state index is 0.0627. The monoisotopic (exact) mass is 298 g/mol. The van der Waals surface area contributed by atoms with Gasteiger partial charge in [0, 0.05) is 24.5 Å². The van der Waals surface area contributed by atoms with Crippen molar-refractivity contribution in [2.75, 3.05) is 0 Å². The topological polar surface area (TPSA) is 42.7 Å². The third kappa shape index (κ3) is 4.29. The summed E-state index contributed by atoms with van der Waals surface area (Å²) in [7, 11) is 0. The van der Waals surface area contributed by atoms with Crippen LogP contribution in [0.4, 0.5) is 13.2 Å². The second-order valence-electron chi connectivity index (χ2n) is 5.75. The van der Waals surface area contributed by atoms with Crippen LogP contribution in [-0.2, 0) is 12.7 Å². The number of nitrogens with zero attached hydrogens (tertiary/aromatic N) is 3. The molecule has 0 unspecified atom stereocenters. The summed E-state index contributed by atoms with van der Waals surface area (Å²) in [5.41, 5.74) is 0.318. The van der Waals surface area contributed by atoms with Crippen LogP contribution in [0.3, 0.4) is 0 Å². The summed E-state index contributed by atoms with van der Waals surface area (Å²) in [6, 6.07) is 4.28. The highest BCUT2D eigenvalue weighted by Gasteiger charge is 2.33. The Balaban J connectivity index is 2.19. The lowest BCUT2D eigenvalue weighted by Crippen LogP contribution is -2.35. The van der Waals surface area contributed by atoms with Gasteiger partial charge in [-0.15, -0.1) is 0 Å². The van der Waals surface area contributed by atoms with Crippen molar-refractivity contribution >= 4 is 0 Å². The van der Waals surface area contributed by atoms with Gasteiger partial charge in [-0.1, -0.05) is 0 Å². The summed E-state index contributed by atoms with van der Waals surface area (Å²) < 4.78 is 38.8. The lowest BCUT2D eigenvalue weighted by atomic mass is 10.1. The molecule has 4 nitrogen and oxygen atoms in total. The highest BCUT2D eigenvalue weighted by atomic mass is 19.4. The van der Waals surface area contributed by atoms with E-state index < -0.39 is 11.9 Å². The predicted octanol–water partition coefficient (Wildman–Crippen LogP) is 3.17. The van der Waals surface area contributed by atoms with E-state index in [0.717, 1.165) is 11.8 Å². The Hall–Kier alpha value is -1.89. The van der Waals surface area contributed by atoms with Crippen LogP contribution in [0, 0.1) is 0 Å². The molecule has 0 spiro atoms. The van der Waals surface area contributed by atoms with E-state index in [4.69, 9.17) is 0 Å². The van der Waals surface area contributed by atoms with Gasteiger partial charge in [0.25, 0.3) is 0 Å². The van der Waals surface area contributed by atoms with Crippen molar-refractivity contribution in [1.82, 2.24) is 20.1 Å². The molecule has 0 saturated heterocycles. The fraction of sp³-hybridized carbons (Fsp3) is 0.429. The second-order valence-corrected chi connectivity index (χ2v) is 5.75. The molecule has 0 amide bonds. The largest absolute Gasteiger partial charge is 0.435 e. The van der Waals surface area contributed by atoms with Crippen LogP contribution < -0.4 is 5.32 Å². The van der Waals surface area contributed by atoms with Crippen molar-refractivity contribution in [3.63, 3.8) is 0 Å². The van der Waals surface area contributed by atoms with E-state index >= 15 is 0 Å². The first kappa shape index (κ1) is 15.5. The first-order valence-electron chi connectivity index (χ1n) is 6.48. The number of hydrogen-bond donors (Lipinski definition) is 1. The van der Waals surface area contributed by atoms with Gasteiger partial charge in [0.05, 0.1) is 11.4 Å². The van der Waals surface area contributed by atoms with Crippen molar-refractivity contribution in [3.8, 4) is 5.69 Å². The van der Waals surface area contributed by atoms with Crippen LogP contribution in [0.2, 0.25) is 0 Å². The highest BCUT2D eigenvalue weighted by molar-refractivity contribution is 5.31. The molecule has 0 aromatic carbocycles. The molecule has 0 aliphatic heterocycles. The van der Waals surface area contributed by atoms with Crippen LogP contribution in [0.1, 0.15) is 32.2 Å². The zero-order valence-electron chi connectivity index (χ0n) is 12.1. The van der Waals surface area contributed by atoms with Gasteiger partial charge in [0.2, 0.25) is 0 Å². The van der Waals surface area contributed by atoms with E-state index in [-0.39, 0.29) is 5.54 Å². The zero-order valence-corrected chi connectivity index (χ0v) is 12.1. The molecule has 0 radical (unpaired) electrons. The van der Waals surface area contributed by atoms with Gasteiger partial charge in [-0.2, -0.15) is 18.3 Å². The fourth-order valence-electron chi connectivity index (χ4n) is 1.68. The molecule has 0 aliphatic rings. The Morgan fingerprint density at radius 1 is 1.19 bits per heavy atom. The Kier molecular flexibility index (Phi) is 4.04. The minimum atomic E-state index is -4.44. The summed E-state index contributed by atoms with van der Waals surface area (Å²) in [5.74, 6) is 0. The maximum Gasteiger partial charge on any atom is 0.435 e. The maximum absolute atomic E-state index is 12.5. The van der Waals surface area contributed by atoms with E-state index in [1.165, 1.54) is 10.9 Å². The quantitative estimate of drug-likeness (QED) is 0.946. The molecular formula is C14H17F3N4. The number of pyridine rings is 1. The summed E-state index contributed by atoms with van der Waals surface area (Å²) in [4.78, 5) is 4.20. The average molecular weight is 298 g/mol. The molecule has 2 aromatic heterocycles. The molecule has 7 heteroatoms. The molecule has 0 fully saturated rings. The van der Waals surface area contributed by atoms with E-state index in [1.54, 1.807) is 18.3 Å². The van der Waals surface area contributed by atoms with E-state index in [2.05, 4.69) is 15.4 Å². The molecule has 1 N–H and O–H groups in total. The number of rotatable bonds is 3. The van der Waals surface area contributed by atoms with E-state index in [0.29, 0.717) is 12.2 Å². The molecule has 0 bridgehead atoms. The minimum Gasteiger partial charge on any atom is -0.306 e. The van der Waals surface area contributed by atoms with Gasteiger partial charge in [0.1, 0.15) is 0 Å². The number of hydrogen-bond acceptors (Lipinski definition) is 3. The van der Waals surface area contributed by atoms with Gasteiger partial charge in [0.15, 0.2) is 5.69 Å². The lowest BCUT2D eigenvalue weighted by Gasteiger charge is -2.20. The van der Waals surface area contributed by atoms with Gasteiger partial charge in [-0.25, -0.2) is 4.68 Å². The molecule has 2 heterocycles.